The van der Waals surface area contributed by atoms with Gasteiger partial charge in [0.15, 0.2) is 23.0 Å². The van der Waals surface area contributed by atoms with E-state index in [1.807, 2.05) is 79.4 Å². The average Bonchev–Trinajstić information content (AvgIpc) is 2.95. The van der Waals surface area contributed by atoms with E-state index in [1.165, 1.54) is 0 Å². The molecule has 5 rings (SSSR count). The fourth-order valence-electron chi connectivity index (χ4n) is 4.45. The quantitative estimate of drug-likeness (QED) is 0.339. The fraction of sp³-hybridized carbons (Fsp3) is 0.394. The van der Waals surface area contributed by atoms with Gasteiger partial charge in [0.25, 0.3) is 0 Å². The Labute approximate surface area is 242 Å². The van der Waals surface area contributed by atoms with Gasteiger partial charge in [-0.15, -0.1) is 0 Å². The summed E-state index contributed by atoms with van der Waals surface area (Å²) in [5, 5.41) is 2.85. The van der Waals surface area contributed by atoms with E-state index in [0.29, 0.717) is 69.1 Å². The minimum absolute atomic E-state index is 0.0247. The Morgan fingerprint density at radius 2 is 1.27 bits per heavy atom. The lowest BCUT2D eigenvalue weighted by atomic mass is 10.1. The predicted octanol–water partition coefficient (Wildman–Crippen LogP) is 6.48. The van der Waals surface area contributed by atoms with Crippen LogP contribution in [0.3, 0.4) is 0 Å². The number of benzene rings is 3. The zero-order chi connectivity index (χ0) is 29.2. The monoisotopic (exact) mass is 560 g/mol. The van der Waals surface area contributed by atoms with E-state index in [9.17, 15) is 9.59 Å². The van der Waals surface area contributed by atoms with E-state index in [2.05, 4.69) is 19.2 Å². The molecule has 0 radical (unpaired) electrons. The van der Waals surface area contributed by atoms with E-state index in [-0.39, 0.29) is 11.8 Å². The van der Waals surface area contributed by atoms with Crippen LogP contribution in [0, 0.1) is 11.8 Å². The maximum absolute atomic E-state index is 12.8. The highest BCUT2D eigenvalue weighted by Gasteiger charge is 2.20. The molecule has 0 bridgehead atoms. The van der Waals surface area contributed by atoms with Gasteiger partial charge in [-0.1, -0.05) is 58.0 Å². The zero-order valence-corrected chi connectivity index (χ0v) is 24.4. The van der Waals surface area contributed by atoms with Crippen LogP contribution in [0.1, 0.15) is 46.1 Å². The van der Waals surface area contributed by atoms with Gasteiger partial charge in [-0.25, -0.2) is 0 Å². The molecule has 0 unspecified atom stereocenters. The fourth-order valence-corrected chi connectivity index (χ4v) is 4.45. The predicted molar refractivity (Wildman–Crippen MR) is 160 cm³/mol. The number of hydrogen-bond acceptors (Lipinski definition) is 6. The van der Waals surface area contributed by atoms with Gasteiger partial charge in [0.1, 0.15) is 26.4 Å². The second kappa shape index (κ2) is 14.4. The summed E-state index contributed by atoms with van der Waals surface area (Å²) in [5.41, 5.74) is 2.69. The van der Waals surface area contributed by atoms with Gasteiger partial charge in [-0.2, -0.15) is 0 Å². The molecule has 0 aliphatic carbocycles. The topological polar surface area (TPSA) is 86.3 Å². The van der Waals surface area contributed by atoms with Crippen LogP contribution < -0.4 is 29.2 Å². The van der Waals surface area contributed by atoms with Crippen molar-refractivity contribution >= 4 is 23.2 Å². The van der Waals surface area contributed by atoms with Crippen LogP contribution in [-0.4, -0.2) is 38.2 Å². The smallest absolute Gasteiger partial charge is 0.227 e. The summed E-state index contributed by atoms with van der Waals surface area (Å²) in [4.78, 5) is 26.2. The van der Waals surface area contributed by atoms with Crippen molar-refractivity contribution < 1.29 is 28.5 Å². The van der Waals surface area contributed by atoms with Crippen molar-refractivity contribution in [1.29, 1.82) is 0 Å². The number of amides is 2. The molecule has 0 spiro atoms. The molecule has 3 aromatic rings. The lowest BCUT2D eigenvalue weighted by Gasteiger charge is -2.26. The first-order valence-electron chi connectivity index (χ1n) is 14.2. The highest BCUT2D eigenvalue weighted by atomic mass is 16.6. The van der Waals surface area contributed by atoms with E-state index >= 15 is 0 Å². The Bertz CT molecular complexity index is 1310. The standard InChI is InChI=1S/C20H23NO3.C13H17NO3/c1-15(2)12-20(22)21(14-16-6-4-3-5-7-16)17-8-9-18-19(13-17)24-11-10-23-18;1-9(2)7-13(15)14-10-3-4-11-12(8-10)17-6-5-16-11/h3-9,13,15H,10-12,14H2,1-2H3;3-4,8-9H,5-7H2,1-2H3,(H,14,15). The van der Waals surface area contributed by atoms with Crippen LogP contribution in [0.15, 0.2) is 66.7 Å². The lowest BCUT2D eigenvalue weighted by molar-refractivity contribution is -0.119. The molecule has 8 nitrogen and oxygen atoms in total. The SMILES string of the molecule is CC(C)CC(=O)N(Cc1ccccc1)c1ccc2c(c1)OCCO2.CC(C)CC(=O)Nc1ccc2c(c1)OCCO2. The Hall–Kier alpha value is -4.20. The molecule has 0 atom stereocenters. The van der Waals surface area contributed by atoms with Crippen molar-refractivity contribution in [3.63, 3.8) is 0 Å². The molecule has 2 aliphatic heterocycles. The van der Waals surface area contributed by atoms with Gasteiger partial charge < -0.3 is 29.2 Å². The van der Waals surface area contributed by atoms with E-state index in [0.717, 1.165) is 28.4 Å². The van der Waals surface area contributed by atoms with Gasteiger partial charge >= 0.3 is 0 Å². The first-order chi connectivity index (χ1) is 19.8. The van der Waals surface area contributed by atoms with Gasteiger partial charge in [-0.3, -0.25) is 9.59 Å². The van der Waals surface area contributed by atoms with Crippen molar-refractivity contribution in [2.24, 2.45) is 11.8 Å². The number of nitrogens with one attached hydrogen (secondary N) is 1. The number of carbonyl (C=O) groups excluding carboxylic acids is 2. The summed E-state index contributed by atoms with van der Waals surface area (Å²) >= 11 is 0. The number of hydrogen-bond donors (Lipinski definition) is 1. The molecular formula is C33H40N2O6. The minimum Gasteiger partial charge on any atom is -0.486 e. The molecule has 0 saturated carbocycles. The summed E-state index contributed by atoms with van der Waals surface area (Å²) in [6.07, 6.45) is 1.04. The molecule has 2 amide bonds. The summed E-state index contributed by atoms with van der Waals surface area (Å²) in [6.45, 7) is 10.9. The normalized spacial score (nSPS) is 13.2. The number of carbonyl (C=O) groups is 2. The van der Waals surface area contributed by atoms with Gasteiger partial charge in [0.05, 0.1) is 6.54 Å². The van der Waals surface area contributed by atoms with Gasteiger partial charge in [0.2, 0.25) is 11.8 Å². The summed E-state index contributed by atoms with van der Waals surface area (Å²) < 4.78 is 22.1. The second-order valence-electron chi connectivity index (χ2n) is 10.9. The molecule has 2 heterocycles. The van der Waals surface area contributed by atoms with E-state index in [1.54, 1.807) is 6.07 Å². The Morgan fingerprint density at radius 1 is 0.707 bits per heavy atom. The number of ether oxygens (including phenoxy) is 4. The molecule has 8 heteroatoms. The highest BCUT2D eigenvalue weighted by molar-refractivity contribution is 5.94. The van der Waals surface area contributed by atoms with Crippen LogP contribution in [0.25, 0.3) is 0 Å². The molecule has 0 aromatic heterocycles. The maximum atomic E-state index is 12.8. The minimum atomic E-state index is 0.0247. The van der Waals surface area contributed by atoms with Crippen LogP contribution in [0.4, 0.5) is 11.4 Å². The zero-order valence-electron chi connectivity index (χ0n) is 24.4. The van der Waals surface area contributed by atoms with E-state index in [4.69, 9.17) is 18.9 Å². The van der Waals surface area contributed by atoms with Crippen molar-refractivity contribution in [3.8, 4) is 23.0 Å². The summed E-state index contributed by atoms with van der Waals surface area (Å²) in [7, 11) is 0. The third-order valence-electron chi connectivity index (χ3n) is 6.32. The summed E-state index contributed by atoms with van der Waals surface area (Å²) in [5.74, 6) is 3.68. The number of anilines is 2. The van der Waals surface area contributed by atoms with Crippen molar-refractivity contribution in [2.75, 3.05) is 36.6 Å². The van der Waals surface area contributed by atoms with Crippen molar-refractivity contribution in [3.05, 3.63) is 72.3 Å². The number of nitrogens with zero attached hydrogens (tertiary/aromatic N) is 1. The average molecular weight is 561 g/mol. The lowest BCUT2D eigenvalue weighted by Crippen LogP contribution is -2.31. The Balaban J connectivity index is 0.000000201. The molecule has 0 saturated heterocycles. The largest absolute Gasteiger partial charge is 0.486 e. The number of fused-ring (bicyclic) bond motifs is 2. The Morgan fingerprint density at radius 3 is 1.88 bits per heavy atom. The molecular weight excluding hydrogens is 520 g/mol. The van der Waals surface area contributed by atoms with Crippen LogP contribution in [0.2, 0.25) is 0 Å². The molecule has 41 heavy (non-hydrogen) atoms. The molecule has 2 aliphatic rings. The molecule has 0 fully saturated rings. The van der Waals surface area contributed by atoms with Gasteiger partial charge in [-0.05, 0) is 41.7 Å². The van der Waals surface area contributed by atoms with Crippen molar-refractivity contribution in [2.45, 2.75) is 47.1 Å². The van der Waals surface area contributed by atoms with Crippen molar-refractivity contribution in [1.82, 2.24) is 0 Å². The molecule has 3 aromatic carbocycles. The Kier molecular flexibility index (Phi) is 10.5. The third-order valence-corrected chi connectivity index (χ3v) is 6.32. The molecule has 1 N–H and O–H groups in total. The van der Waals surface area contributed by atoms with Crippen LogP contribution in [0.5, 0.6) is 23.0 Å². The number of rotatable bonds is 8. The van der Waals surface area contributed by atoms with Crippen LogP contribution in [-0.2, 0) is 16.1 Å². The molecule has 218 valence electrons. The first-order valence-corrected chi connectivity index (χ1v) is 14.2. The third kappa shape index (κ3) is 8.90. The highest BCUT2D eigenvalue weighted by Crippen LogP contribution is 2.35. The van der Waals surface area contributed by atoms with Crippen LogP contribution >= 0.6 is 0 Å². The second-order valence-corrected chi connectivity index (χ2v) is 10.9. The van der Waals surface area contributed by atoms with E-state index < -0.39 is 0 Å². The first kappa shape index (κ1) is 29.8. The maximum Gasteiger partial charge on any atom is 0.227 e. The van der Waals surface area contributed by atoms with Gasteiger partial charge in [0, 0.05) is 36.3 Å². The summed E-state index contributed by atoms with van der Waals surface area (Å²) in [6, 6.07) is 21.2.